The minimum absolute atomic E-state index is 0.0169. The van der Waals surface area contributed by atoms with Crippen molar-refractivity contribution >= 4 is 21.6 Å². The normalized spacial score (nSPS) is 21.2. The zero-order valence-corrected chi connectivity index (χ0v) is 12.6. The van der Waals surface area contributed by atoms with Crippen molar-refractivity contribution in [2.45, 2.75) is 23.5 Å². The Morgan fingerprint density at radius 1 is 1.10 bits per heavy atom. The molecule has 0 aromatic heterocycles. The summed E-state index contributed by atoms with van der Waals surface area (Å²) in [6, 6.07) is 13.0. The SMILES string of the molecule is O=S(=O)(N[C@H]1c2ccccc2C[C@H]1O)c1ccccc1Cl. The smallest absolute Gasteiger partial charge is 0.242 e. The number of benzene rings is 2. The summed E-state index contributed by atoms with van der Waals surface area (Å²) >= 11 is 5.95. The Kier molecular flexibility index (Phi) is 3.75. The van der Waals surface area contributed by atoms with Crippen molar-refractivity contribution < 1.29 is 13.5 Å². The molecule has 1 aliphatic carbocycles. The summed E-state index contributed by atoms with van der Waals surface area (Å²) in [6.45, 7) is 0. The van der Waals surface area contributed by atoms with Crippen LogP contribution in [0.25, 0.3) is 0 Å². The van der Waals surface area contributed by atoms with Gasteiger partial charge in [-0.2, -0.15) is 0 Å². The van der Waals surface area contributed by atoms with Gasteiger partial charge in [0.2, 0.25) is 10.0 Å². The number of nitrogens with one attached hydrogen (secondary N) is 1. The Labute approximate surface area is 128 Å². The molecule has 0 aliphatic heterocycles. The third-order valence-electron chi connectivity index (χ3n) is 3.61. The summed E-state index contributed by atoms with van der Waals surface area (Å²) in [4.78, 5) is 0.0169. The van der Waals surface area contributed by atoms with Gasteiger partial charge in [0.1, 0.15) is 4.90 Å². The highest BCUT2D eigenvalue weighted by Crippen LogP contribution is 2.33. The van der Waals surface area contributed by atoms with Crippen LogP contribution in [-0.4, -0.2) is 19.6 Å². The predicted molar refractivity (Wildman–Crippen MR) is 80.7 cm³/mol. The maximum Gasteiger partial charge on any atom is 0.242 e. The second kappa shape index (κ2) is 5.42. The minimum atomic E-state index is -3.79. The molecular formula is C15H14ClNO3S. The average molecular weight is 324 g/mol. The monoisotopic (exact) mass is 323 g/mol. The second-order valence-electron chi connectivity index (χ2n) is 5.00. The molecule has 21 heavy (non-hydrogen) atoms. The van der Waals surface area contributed by atoms with E-state index in [2.05, 4.69) is 4.72 Å². The van der Waals surface area contributed by atoms with Crippen LogP contribution in [0.3, 0.4) is 0 Å². The van der Waals surface area contributed by atoms with Crippen LogP contribution in [0, 0.1) is 0 Å². The molecule has 3 rings (SSSR count). The summed E-state index contributed by atoms with van der Waals surface area (Å²) in [6.07, 6.45) is -0.342. The summed E-state index contributed by atoms with van der Waals surface area (Å²) in [5.41, 5.74) is 1.76. The Balaban J connectivity index is 1.95. The maximum atomic E-state index is 12.5. The van der Waals surface area contributed by atoms with Gasteiger partial charge in [-0.05, 0) is 23.3 Å². The van der Waals surface area contributed by atoms with Gasteiger partial charge in [0, 0.05) is 6.42 Å². The molecule has 0 saturated heterocycles. The number of sulfonamides is 1. The van der Waals surface area contributed by atoms with E-state index in [1.165, 1.54) is 12.1 Å². The second-order valence-corrected chi connectivity index (χ2v) is 7.09. The van der Waals surface area contributed by atoms with Crippen LogP contribution in [0.5, 0.6) is 0 Å². The minimum Gasteiger partial charge on any atom is -0.391 e. The van der Waals surface area contributed by atoms with Gasteiger partial charge in [-0.15, -0.1) is 0 Å². The molecule has 2 atom stereocenters. The van der Waals surface area contributed by atoms with Crippen LogP contribution < -0.4 is 4.72 Å². The molecule has 0 bridgehead atoms. The molecule has 0 spiro atoms. The van der Waals surface area contributed by atoms with Crippen LogP contribution in [-0.2, 0) is 16.4 Å². The number of rotatable bonds is 3. The molecule has 1 aliphatic rings. The quantitative estimate of drug-likeness (QED) is 0.910. The van der Waals surface area contributed by atoms with Gasteiger partial charge in [-0.1, -0.05) is 48.0 Å². The standard InChI is InChI=1S/C15H14ClNO3S/c16-12-7-3-4-8-14(12)21(19,20)17-15-11-6-2-1-5-10(11)9-13(15)18/h1-8,13,15,17-18H,9H2/t13-,15+/m1/s1. The van der Waals surface area contributed by atoms with Gasteiger partial charge in [0.25, 0.3) is 0 Å². The van der Waals surface area contributed by atoms with E-state index in [0.29, 0.717) is 6.42 Å². The Morgan fingerprint density at radius 3 is 2.52 bits per heavy atom. The molecule has 110 valence electrons. The predicted octanol–water partition coefficient (Wildman–Crippen LogP) is 2.28. The van der Waals surface area contributed by atoms with E-state index in [1.54, 1.807) is 12.1 Å². The van der Waals surface area contributed by atoms with Crippen LogP contribution in [0.2, 0.25) is 5.02 Å². The molecule has 0 saturated carbocycles. The van der Waals surface area contributed by atoms with E-state index in [-0.39, 0.29) is 9.92 Å². The van der Waals surface area contributed by atoms with Crippen molar-refractivity contribution in [3.8, 4) is 0 Å². The highest BCUT2D eigenvalue weighted by atomic mass is 35.5. The topological polar surface area (TPSA) is 66.4 Å². The zero-order valence-electron chi connectivity index (χ0n) is 11.0. The van der Waals surface area contributed by atoms with E-state index in [1.807, 2.05) is 24.3 Å². The molecule has 0 amide bonds. The molecule has 0 unspecified atom stereocenters. The van der Waals surface area contributed by atoms with Gasteiger partial charge in [0.05, 0.1) is 17.2 Å². The molecule has 6 heteroatoms. The highest BCUT2D eigenvalue weighted by Gasteiger charge is 2.34. The molecule has 4 nitrogen and oxygen atoms in total. The van der Waals surface area contributed by atoms with Gasteiger partial charge in [-0.3, -0.25) is 0 Å². The fourth-order valence-corrected chi connectivity index (χ4v) is 4.38. The first-order chi connectivity index (χ1) is 9.99. The zero-order chi connectivity index (χ0) is 15.0. The van der Waals surface area contributed by atoms with E-state index in [0.717, 1.165) is 11.1 Å². The first kappa shape index (κ1) is 14.5. The van der Waals surface area contributed by atoms with Crippen molar-refractivity contribution in [3.05, 3.63) is 64.7 Å². The van der Waals surface area contributed by atoms with E-state index >= 15 is 0 Å². The van der Waals surface area contributed by atoms with Crippen LogP contribution in [0.1, 0.15) is 17.2 Å². The third-order valence-corrected chi connectivity index (χ3v) is 5.55. The molecular weight excluding hydrogens is 310 g/mol. The van der Waals surface area contributed by atoms with Crippen LogP contribution in [0.4, 0.5) is 0 Å². The summed E-state index contributed by atoms with van der Waals surface area (Å²) in [7, 11) is -3.79. The van der Waals surface area contributed by atoms with Gasteiger partial charge < -0.3 is 5.11 Å². The molecule has 0 fully saturated rings. The lowest BCUT2D eigenvalue weighted by Gasteiger charge is -2.18. The van der Waals surface area contributed by atoms with Crippen LogP contribution in [0.15, 0.2) is 53.4 Å². The van der Waals surface area contributed by atoms with Crippen molar-refractivity contribution in [1.29, 1.82) is 0 Å². The Bertz CT molecular complexity index is 776. The van der Waals surface area contributed by atoms with Gasteiger partial charge >= 0.3 is 0 Å². The van der Waals surface area contributed by atoms with E-state index in [4.69, 9.17) is 11.6 Å². The largest absolute Gasteiger partial charge is 0.391 e. The third kappa shape index (κ3) is 2.70. The van der Waals surface area contributed by atoms with E-state index in [9.17, 15) is 13.5 Å². The molecule has 2 aromatic rings. The lowest BCUT2D eigenvalue weighted by molar-refractivity contribution is 0.151. The lowest BCUT2D eigenvalue weighted by atomic mass is 10.1. The summed E-state index contributed by atoms with van der Waals surface area (Å²) in [5.74, 6) is 0. The van der Waals surface area contributed by atoms with Crippen molar-refractivity contribution in [1.82, 2.24) is 4.72 Å². The highest BCUT2D eigenvalue weighted by molar-refractivity contribution is 7.89. The fraction of sp³-hybridized carbons (Fsp3) is 0.200. The molecule has 0 heterocycles. The number of aliphatic hydroxyl groups excluding tert-OH is 1. The molecule has 0 radical (unpaired) electrons. The van der Waals surface area contributed by atoms with Crippen LogP contribution >= 0.6 is 11.6 Å². The Hall–Kier alpha value is -1.40. The number of fused-ring (bicyclic) bond motifs is 1. The fourth-order valence-electron chi connectivity index (χ4n) is 2.61. The van der Waals surface area contributed by atoms with Gasteiger partial charge in [-0.25, -0.2) is 13.1 Å². The maximum absolute atomic E-state index is 12.5. The first-order valence-electron chi connectivity index (χ1n) is 6.52. The molecule has 2 N–H and O–H groups in total. The number of halogens is 1. The van der Waals surface area contributed by atoms with Crippen molar-refractivity contribution in [3.63, 3.8) is 0 Å². The molecule has 2 aromatic carbocycles. The number of aliphatic hydroxyl groups is 1. The number of hydrogen-bond acceptors (Lipinski definition) is 3. The van der Waals surface area contributed by atoms with Gasteiger partial charge in [0.15, 0.2) is 0 Å². The first-order valence-corrected chi connectivity index (χ1v) is 8.38. The van der Waals surface area contributed by atoms with E-state index < -0.39 is 22.2 Å². The summed E-state index contributed by atoms with van der Waals surface area (Å²) in [5, 5.41) is 10.3. The summed E-state index contributed by atoms with van der Waals surface area (Å²) < 4.78 is 27.5. The lowest BCUT2D eigenvalue weighted by Crippen LogP contribution is -2.34. The number of hydrogen-bond donors (Lipinski definition) is 2. The van der Waals surface area contributed by atoms with Crippen molar-refractivity contribution in [2.75, 3.05) is 0 Å². The average Bonchev–Trinajstić information content (AvgIpc) is 2.75. The van der Waals surface area contributed by atoms with Crippen molar-refractivity contribution in [2.24, 2.45) is 0 Å². The Morgan fingerprint density at radius 2 is 1.76 bits per heavy atom.